The molecule has 0 N–H and O–H groups in total. The topological polar surface area (TPSA) is 51.6 Å². The molecule has 0 spiro atoms. The summed E-state index contributed by atoms with van der Waals surface area (Å²) in [6, 6.07) is 68.0. The number of pyridine rings is 1. The predicted molar refractivity (Wildman–Crippen MR) is 231 cm³/mol. The fraction of sp³-hybridized carbons (Fsp3) is 0. The molecular weight excluding hydrogens is 681 g/mol. The summed E-state index contributed by atoms with van der Waals surface area (Å²) in [6.07, 6.45) is 3.72. The zero-order chi connectivity index (χ0) is 37.3. The number of rotatable bonds is 7. The molecule has 0 aliphatic rings. The van der Waals surface area contributed by atoms with Gasteiger partial charge in [0.25, 0.3) is 0 Å². The van der Waals surface area contributed by atoms with Gasteiger partial charge in [-0.25, -0.2) is 15.0 Å². The molecule has 0 radical (unpaired) electrons. The third kappa shape index (κ3) is 6.40. The van der Waals surface area contributed by atoms with Crippen LogP contribution in [-0.2, 0) is 0 Å². The van der Waals surface area contributed by atoms with Crippen LogP contribution in [0.2, 0.25) is 0 Å². The highest BCUT2D eigenvalue weighted by molar-refractivity contribution is 6.14. The highest BCUT2D eigenvalue weighted by atomic mass is 15.0. The van der Waals surface area contributed by atoms with Crippen LogP contribution in [0.5, 0.6) is 0 Å². The molecule has 8 aromatic carbocycles. The van der Waals surface area contributed by atoms with E-state index in [2.05, 4.69) is 181 Å². The number of aromatic nitrogens is 4. The monoisotopic (exact) mass is 714 g/mol. The predicted octanol–water partition coefficient (Wildman–Crippen LogP) is 13.2. The molecule has 0 saturated heterocycles. The Morgan fingerprint density at radius 3 is 1.30 bits per heavy atom. The number of fused-ring (bicyclic) bond motifs is 3. The van der Waals surface area contributed by atoms with Crippen LogP contribution in [0.4, 0.5) is 0 Å². The van der Waals surface area contributed by atoms with Crippen LogP contribution in [0, 0.1) is 0 Å². The summed E-state index contributed by atoms with van der Waals surface area (Å²) in [5.41, 5.74) is 11.6. The second-order valence-corrected chi connectivity index (χ2v) is 13.9. The lowest BCUT2D eigenvalue weighted by Crippen LogP contribution is -2.01. The highest BCUT2D eigenvalue weighted by Gasteiger charge is 2.17. The number of nitrogens with zero attached hydrogens (tertiary/aromatic N) is 4. The van der Waals surface area contributed by atoms with E-state index in [1.165, 1.54) is 21.5 Å². The summed E-state index contributed by atoms with van der Waals surface area (Å²) < 4.78 is 0. The first-order chi connectivity index (χ1) is 27.7. The molecule has 0 amide bonds. The largest absolute Gasteiger partial charge is 0.264 e. The molecule has 0 saturated carbocycles. The van der Waals surface area contributed by atoms with E-state index in [0.29, 0.717) is 17.5 Å². The van der Waals surface area contributed by atoms with Gasteiger partial charge >= 0.3 is 0 Å². The first-order valence-electron chi connectivity index (χ1n) is 18.8. The Labute approximate surface area is 325 Å². The van der Waals surface area contributed by atoms with E-state index < -0.39 is 0 Å². The van der Waals surface area contributed by atoms with E-state index in [9.17, 15) is 0 Å². The molecule has 4 heteroatoms. The standard InChI is InChI=1S/C52H34N4/c1-3-12-35(13-4-1)37-21-25-39(26-22-37)50-54-51(40-27-23-38(24-28-40)36-14-5-2-6-15-36)56-52(55-50)45-31-43(42-17-11-29-53-34-42)30-44(32-45)49-33-41-16-7-8-18-46(41)47-19-9-10-20-48(47)49/h1-34H. The van der Waals surface area contributed by atoms with E-state index in [0.717, 1.165) is 61.2 Å². The van der Waals surface area contributed by atoms with E-state index in [-0.39, 0.29) is 0 Å². The second-order valence-electron chi connectivity index (χ2n) is 13.9. The van der Waals surface area contributed by atoms with Crippen LogP contribution in [0.3, 0.4) is 0 Å². The molecule has 10 aromatic rings. The summed E-state index contributed by atoms with van der Waals surface area (Å²) in [6.45, 7) is 0. The Kier molecular flexibility index (Phi) is 8.47. The molecule has 4 nitrogen and oxygen atoms in total. The first kappa shape index (κ1) is 33.0. The van der Waals surface area contributed by atoms with Gasteiger partial charge in [-0.15, -0.1) is 0 Å². The Balaban J connectivity index is 1.17. The maximum absolute atomic E-state index is 5.21. The van der Waals surface area contributed by atoms with Crippen LogP contribution < -0.4 is 0 Å². The molecule has 0 fully saturated rings. The quantitative estimate of drug-likeness (QED) is 0.154. The molecule has 0 aliphatic carbocycles. The molecule has 0 unspecified atom stereocenters. The van der Waals surface area contributed by atoms with Gasteiger partial charge < -0.3 is 0 Å². The van der Waals surface area contributed by atoms with Crippen molar-refractivity contribution in [3.05, 3.63) is 207 Å². The van der Waals surface area contributed by atoms with Gasteiger partial charge in [0.05, 0.1) is 0 Å². The van der Waals surface area contributed by atoms with Crippen molar-refractivity contribution in [3.8, 4) is 78.7 Å². The molecule has 2 heterocycles. The van der Waals surface area contributed by atoms with Gasteiger partial charge in [-0.05, 0) is 90.8 Å². The molecule has 262 valence electrons. The Morgan fingerprint density at radius 2 is 0.714 bits per heavy atom. The molecule has 0 bridgehead atoms. The van der Waals surface area contributed by atoms with Gasteiger partial charge in [0.1, 0.15) is 0 Å². The van der Waals surface area contributed by atoms with Crippen LogP contribution in [0.25, 0.3) is 100 Å². The van der Waals surface area contributed by atoms with Crippen molar-refractivity contribution in [2.75, 3.05) is 0 Å². The van der Waals surface area contributed by atoms with Crippen molar-refractivity contribution >= 4 is 21.5 Å². The van der Waals surface area contributed by atoms with Gasteiger partial charge in [0, 0.05) is 34.6 Å². The molecular formula is C52H34N4. The van der Waals surface area contributed by atoms with E-state index in [4.69, 9.17) is 15.0 Å². The van der Waals surface area contributed by atoms with Gasteiger partial charge in [-0.2, -0.15) is 0 Å². The summed E-state index contributed by atoms with van der Waals surface area (Å²) >= 11 is 0. The van der Waals surface area contributed by atoms with Crippen LogP contribution in [-0.4, -0.2) is 19.9 Å². The third-order valence-corrected chi connectivity index (χ3v) is 10.4. The van der Waals surface area contributed by atoms with Crippen LogP contribution in [0.15, 0.2) is 207 Å². The average molecular weight is 715 g/mol. The van der Waals surface area contributed by atoms with Gasteiger partial charge in [-0.1, -0.05) is 164 Å². The molecule has 0 atom stereocenters. The van der Waals surface area contributed by atoms with Gasteiger partial charge in [0.2, 0.25) is 0 Å². The fourth-order valence-corrected chi connectivity index (χ4v) is 7.55. The van der Waals surface area contributed by atoms with Crippen molar-refractivity contribution in [1.82, 2.24) is 19.9 Å². The van der Waals surface area contributed by atoms with Crippen molar-refractivity contribution in [2.45, 2.75) is 0 Å². The minimum atomic E-state index is 0.598. The zero-order valence-corrected chi connectivity index (χ0v) is 30.4. The number of benzene rings is 8. The number of hydrogen-bond donors (Lipinski definition) is 0. The Bertz CT molecular complexity index is 2880. The average Bonchev–Trinajstić information content (AvgIpc) is 3.29. The SMILES string of the molecule is c1ccc(-c2ccc(-c3nc(-c4ccc(-c5ccccc5)cc4)nc(-c4cc(-c5cccnc5)cc(-c5cc6ccccc6c6ccccc56)c4)n3)cc2)cc1. The molecule has 0 aliphatic heterocycles. The number of hydrogen-bond acceptors (Lipinski definition) is 4. The summed E-state index contributed by atoms with van der Waals surface area (Å²) in [4.78, 5) is 20.0. The lowest BCUT2D eigenvalue weighted by molar-refractivity contribution is 1.07. The summed E-state index contributed by atoms with van der Waals surface area (Å²) in [5.74, 6) is 1.82. The smallest absolute Gasteiger partial charge is 0.164 e. The maximum atomic E-state index is 5.21. The zero-order valence-electron chi connectivity index (χ0n) is 30.4. The molecule has 56 heavy (non-hydrogen) atoms. The normalized spacial score (nSPS) is 11.2. The highest BCUT2D eigenvalue weighted by Crippen LogP contribution is 2.39. The lowest BCUT2D eigenvalue weighted by atomic mass is 9.90. The van der Waals surface area contributed by atoms with Crippen molar-refractivity contribution in [2.24, 2.45) is 0 Å². The first-order valence-corrected chi connectivity index (χ1v) is 18.8. The fourth-order valence-electron chi connectivity index (χ4n) is 7.55. The second kappa shape index (κ2) is 14.3. The Hall–Kier alpha value is -7.56. The third-order valence-electron chi connectivity index (χ3n) is 10.4. The molecule has 2 aromatic heterocycles. The van der Waals surface area contributed by atoms with Crippen molar-refractivity contribution < 1.29 is 0 Å². The maximum Gasteiger partial charge on any atom is 0.164 e. The summed E-state index contributed by atoms with van der Waals surface area (Å²) in [5, 5.41) is 4.84. The van der Waals surface area contributed by atoms with E-state index in [1.807, 2.05) is 30.6 Å². The van der Waals surface area contributed by atoms with E-state index in [1.54, 1.807) is 0 Å². The minimum absolute atomic E-state index is 0.598. The summed E-state index contributed by atoms with van der Waals surface area (Å²) in [7, 11) is 0. The molecule has 10 rings (SSSR count). The van der Waals surface area contributed by atoms with Crippen molar-refractivity contribution in [3.63, 3.8) is 0 Å². The van der Waals surface area contributed by atoms with Crippen molar-refractivity contribution in [1.29, 1.82) is 0 Å². The lowest BCUT2D eigenvalue weighted by Gasteiger charge is -2.15. The Morgan fingerprint density at radius 1 is 0.268 bits per heavy atom. The van der Waals surface area contributed by atoms with E-state index >= 15 is 0 Å². The van der Waals surface area contributed by atoms with Crippen LogP contribution >= 0.6 is 0 Å². The van der Waals surface area contributed by atoms with Gasteiger partial charge in [-0.3, -0.25) is 4.98 Å². The van der Waals surface area contributed by atoms with Gasteiger partial charge in [0.15, 0.2) is 17.5 Å². The van der Waals surface area contributed by atoms with Crippen LogP contribution in [0.1, 0.15) is 0 Å². The minimum Gasteiger partial charge on any atom is -0.264 e.